The summed E-state index contributed by atoms with van der Waals surface area (Å²) in [7, 11) is 5.04. The van der Waals surface area contributed by atoms with E-state index in [2.05, 4.69) is 76.5 Å². The number of rotatable bonds is 12. The number of nitrogens with zero attached hydrogens (tertiary/aromatic N) is 2. The van der Waals surface area contributed by atoms with Crippen molar-refractivity contribution in [3.8, 4) is 11.5 Å². The zero-order valence-electron chi connectivity index (χ0n) is 30.1. The Morgan fingerprint density at radius 3 is 2.17 bits per heavy atom. The highest BCUT2D eigenvalue weighted by molar-refractivity contribution is 6.13. The van der Waals surface area contributed by atoms with Gasteiger partial charge in [-0.1, -0.05) is 48.5 Å². The minimum atomic E-state index is -0.701. The minimum Gasteiger partial charge on any atom is -0.493 e. The zero-order valence-corrected chi connectivity index (χ0v) is 30.1. The molecule has 2 aromatic heterocycles. The van der Waals surface area contributed by atoms with Crippen LogP contribution in [0.15, 0.2) is 118 Å². The van der Waals surface area contributed by atoms with Gasteiger partial charge in [0.25, 0.3) is 11.8 Å². The molecule has 0 saturated carbocycles. The average molecular weight is 709 g/mol. The van der Waals surface area contributed by atoms with E-state index in [9.17, 15) is 14.4 Å². The number of nitrogens with one attached hydrogen (secondary N) is 2. The molecule has 0 saturated heterocycles. The second kappa shape index (κ2) is 15.1. The number of likely N-dealkylation sites (N-methyl/N-ethyl adjacent to an activating group) is 1. The molecule has 0 bridgehead atoms. The zero-order chi connectivity index (χ0) is 37.1. The fourth-order valence-electron chi connectivity index (χ4n) is 6.77. The van der Waals surface area contributed by atoms with Crippen LogP contribution in [-0.4, -0.2) is 49.1 Å². The molecule has 0 aliphatic rings. The molecular formula is C43H40N4O6. The molecule has 10 heteroatoms. The van der Waals surface area contributed by atoms with Gasteiger partial charge in [-0.25, -0.2) is 0 Å². The molecule has 0 aliphatic heterocycles. The van der Waals surface area contributed by atoms with Crippen LogP contribution in [0.5, 0.6) is 11.5 Å². The van der Waals surface area contributed by atoms with Crippen molar-refractivity contribution in [2.75, 3.05) is 38.4 Å². The lowest BCUT2D eigenvalue weighted by Gasteiger charge is -2.17. The number of aromatic nitrogens is 1. The number of anilines is 2. The van der Waals surface area contributed by atoms with Crippen LogP contribution in [0.4, 0.5) is 11.4 Å². The molecule has 0 atom stereocenters. The molecule has 7 rings (SSSR count). The number of fused-ring (bicyclic) bond motifs is 4. The first-order valence-corrected chi connectivity index (χ1v) is 17.4. The number of methoxy groups -OCH3 is 2. The van der Waals surface area contributed by atoms with Gasteiger partial charge in [0.2, 0.25) is 0 Å². The Labute approximate surface area is 306 Å². The molecule has 2 amide bonds. The average Bonchev–Trinajstić information content (AvgIpc) is 3.50. The number of carbonyl (C=O) groups is 2. The van der Waals surface area contributed by atoms with Gasteiger partial charge in [0.15, 0.2) is 22.7 Å². The molecule has 7 aromatic rings. The van der Waals surface area contributed by atoms with Crippen LogP contribution in [0.1, 0.15) is 39.0 Å². The van der Waals surface area contributed by atoms with Gasteiger partial charge < -0.3 is 34.0 Å². The smallest absolute Gasteiger partial charge is 0.291 e. The van der Waals surface area contributed by atoms with Gasteiger partial charge in [-0.3, -0.25) is 14.4 Å². The number of hydrogen-bond donors (Lipinski definition) is 2. The van der Waals surface area contributed by atoms with E-state index in [0.717, 1.165) is 37.7 Å². The number of hydrogen-bond acceptors (Lipinski definition) is 7. The number of para-hydroxylation sites is 2. The van der Waals surface area contributed by atoms with Gasteiger partial charge in [-0.05, 0) is 80.1 Å². The second-order valence-corrected chi connectivity index (χ2v) is 12.9. The third-order valence-corrected chi connectivity index (χ3v) is 9.47. The summed E-state index contributed by atoms with van der Waals surface area (Å²) in [5.74, 6) is -0.767. The van der Waals surface area contributed by atoms with Crippen LogP contribution in [0.25, 0.3) is 32.8 Å². The monoisotopic (exact) mass is 708 g/mol. The topological polar surface area (TPSA) is 115 Å². The van der Waals surface area contributed by atoms with Gasteiger partial charge in [0.05, 0.1) is 30.9 Å². The SMILES string of the molecule is CCn1c2ccccc2c2cc(CN(C)CCc3ccc(NC(=O)c4cc(OC)c(OC)cc4NC(=O)c4cc(=O)c5ccccc5o4)cc3)ccc21. The van der Waals surface area contributed by atoms with Crippen molar-refractivity contribution in [1.29, 1.82) is 0 Å². The molecular weight excluding hydrogens is 668 g/mol. The number of carbonyl (C=O) groups excluding carboxylic acids is 2. The van der Waals surface area contributed by atoms with Gasteiger partial charge in [0, 0.05) is 59.3 Å². The highest BCUT2D eigenvalue weighted by Crippen LogP contribution is 2.34. The Bertz CT molecular complexity index is 2540. The lowest BCUT2D eigenvalue weighted by molar-refractivity contribution is 0.0997. The Morgan fingerprint density at radius 1 is 0.736 bits per heavy atom. The van der Waals surface area contributed by atoms with Crippen molar-refractivity contribution in [3.63, 3.8) is 0 Å². The summed E-state index contributed by atoms with van der Waals surface area (Å²) in [6.07, 6.45) is 0.832. The van der Waals surface area contributed by atoms with E-state index in [1.54, 1.807) is 24.3 Å². The van der Waals surface area contributed by atoms with Crippen molar-refractivity contribution >= 4 is 56.0 Å². The fourth-order valence-corrected chi connectivity index (χ4v) is 6.77. The summed E-state index contributed by atoms with van der Waals surface area (Å²) in [5.41, 5.74) is 5.70. The molecule has 2 N–H and O–H groups in total. The molecule has 268 valence electrons. The normalized spacial score (nSPS) is 11.3. The maximum absolute atomic E-state index is 13.7. The summed E-state index contributed by atoms with van der Waals surface area (Å²) in [6, 6.07) is 33.8. The molecule has 0 radical (unpaired) electrons. The summed E-state index contributed by atoms with van der Waals surface area (Å²) in [5, 5.41) is 8.56. The molecule has 0 unspecified atom stereocenters. The third kappa shape index (κ3) is 7.22. The van der Waals surface area contributed by atoms with E-state index in [1.165, 1.54) is 53.7 Å². The first-order chi connectivity index (χ1) is 25.8. The van der Waals surface area contributed by atoms with Crippen LogP contribution in [0, 0.1) is 0 Å². The van der Waals surface area contributed by atoms with Crippen LogP contribution in [0.3, 0.4) is 0 Å². The number of aryl methyl sites for hydroxylation is 1. The Kier molecular flexibility index (Phi) is 9.96. The number of amides is 2. The van der Waals surface area contributed by atoms with Crippen LogP contribution in [0.2, 0.25) is 0 Å². The highest BCUT2D eigenvalue weighted by atomic mass is 16.5. The maximum Gasteiger partial charge on any atom is 0.291 e. The predicted molar refractivity (Wildman–Crippen MR) is 210 cm³/mol. The summed E-state index contributed by atoms with van der Waals surface area (Å²) < 4.78 is 19.0. The van der Waals surface area contributed by atoms with Crippen molar-refractivity contribution in [2.45, 2.75) is 26.4 Å². The van der Waals surface area contributed by atoms with Gasteiger partial charge in [-0.15, -0.1) is 0 Å². The second-order valence-electron chi connectivity index (χ2n) is 12.9. The first kappa shape index (κ1) is 35.0. The van der Waals surface area contributed by atoms with Crippen molar-refractivity contribution in [3.05, 3.63) is 142 Å². The van der Waals surface area contributed by atoms with E-state index in [1.807, 2.05) is 24.3 Å². The van der Waals surface area contributed by atoms with E-state index in [0.29, 0.717) is 22.6 Å². The maximum atomic E-state index is 13.7. The van der Waals surface area contributed by atoms with Crippen molar-refractivity contribution in [2.24, 2.45) is 0 Å². The predicted octanol–water partition coefficient (Wildman–Crippen LogP) is 8.12. The number of ether oxygens (including phenoxy) is 2. The standard InChI is InChI=1S/C43H40N4O6/c1-5-47-35-12-8-6-10-30(35)32-22-28(16-19-36(32)47)26-46(2)21-20-27-14-17-29(18-15-27)44-42(49)33-23-39(51-3)40(52-4)24-34(33)45-43(50)41-25-37(48)31-11-7-9-13-38(31)53-41/h6-19,22-25H,5,20-21,26H2,1-4H3,(H,44,49)(H,45,50). The molecule has 0 aliphatic carbocycles. The molecule has 10 nitrogen and oxygen atoms in total. The summed E-state index contributed by atoms with van der Waals surface area (Å²) in [6.45, 7) is 4.79. The summed E-state index contributed by atoms with van der Waals surface area (Å²) >= 11 is 0. The Morgan fingerprint density at radius 2 is 1.42 bits per heavy atom. The molecule has 53 heavy (non-hydrogen) atoms. The molecule has 0 spiro atoms. The molecule has 0 fully saturated rings. The van der Waals surface area contributed by atoms with E-state index in [-0.39, 0.29) is 28.0 Å². The fraction of sp³-hybridized carbons (Fsp3) is 0.186. The van der Waals surface area contributed by atoms with Crippen molar-refractivity contribution < 1.29 is 23.5 Å². The third-order valence-electron chi connectivity index (χ3n) is 9.47. The van der Waals surface area contributed by atoms with Crippen LogP contribution >= 0.6 is 0 Å². The van der Waals surface area contributed by atoms with Gasteiger partial charge >= 0.3 is 0 Å². The highest BCUT2D eigenvalue weighted by Gasteiger charge is 2.21. The van der Waals surface area contributed by atoms with Gasteiger partial charge in [-0.2, -0.15) is 0 Å². The number of benzene rings is 5. The van der Waals surface area contributed by atoms with E-state index in [4.69, 9.17) is 13.9 Å². The largest absolute Gasteiger partial charge is 0.493 e. The Balaban J connectivity index is 1.02. The lowest BCUT2D eigenvalue weighted by atomic mass is 10.1. The minimum absolute atomic E-state index is 0.127. The lowest BCUT2D eigenvalue weighted by Crippen LogP contribution is -2.21. The van der Waals surface area contributed by atoms with Crippen LogP contribution in [-0.2, 0) is 19.5 Å². The quantitative estimate of drug-likeness (QED) is 0.132. The van der Waals surface area contributed by atoms with Crippen molar-refractivity contribution in [1.82, 2.24) is 9.47 Å². The van der Waals surface area contributed by atoms with Gasteiger partial charge in [0.1, 0.15) is 5.58 Å². The first-order valence-electron chi connectivity index (χ1n) is 17.4. The summed E-state index contributed by atoms with van der Waals surface area (Å²) in [4.78, 5) is 41.9. The van der Waals surface area contributed by atoms with E-state index >= 15 is 0 Å². The van der Waals surface area contributed by atoms with Crippen LogP contribution < -0.4 is 25.5 Å². The van der Waals surface area contributed by atoms with E-state index < -0.39 is 11.8 Å². The molecule has 5 aromatic carbocycles. The Hall–Kier alpha value is -6.39. The molecule has 2 heterocycles.